The predicted octanol–water partition coefficient (Wildman–Crippen LogP) is 3.03. The average Bonchev–Trinajstić information content (AvgIpc) is 2.49. The number of halogens is 2. The number of carbonyl (C=O) groups is 1. The van der Waals surface area contributed by atoms with Gasteiger partial charge in [-0.25, -0.2) is 0 Å². The second kappa shape index (κ2) is 8.08. The summed E-state index contributed by atoms with van der Waals surface area (Å²) in [5.41, 5.74) is 0.447. The van der Waals surface area contributed by atoms with E-state index in [1.54, 1.807) is 24.3 Å². The highest BCUT2D eigenvalue weighted by Gasteiger charge is 2.30. The second-order valence-corrected chi connectivity index (χ2v) is 7.30. The van der Waals surface area contributed by atoms with Crippen LogP contribution in [0.5, 0.6) is 0 Å². The predicted molar refractivity (Wildman–Crippen MR) is 87.8 cm³/mol. The first-order valence-electron chi connectivity index (χ1n) is 7.58. The Hall–Kier alpha value is -1.18. The fraction of sp³-hybridized carbons (Fsp3) is 0.562. The first-order chi connectivity index (χ1) is 10.9. The molecule has 0 spiro atoms. The van der Waals surface area contributed by atoms with Crippen molar-refractivity contribution < 1.29 is 18.7 Å². The lowest BCUT2D eigenvalue weighted by Gasteiger charge is -2.38. The highest BCUT2D eigenvalue weighted by molar-refractivity contribution is 7.99. The number of hydrogen-bond donors (Lipinski definition) is 2. The Bertz CT molecular complexity index is 527. The van der Waals surface area contributed by atoms with Crippen molar-refractivity contribution in [2.45, 2.75) is 30.4 Å². The van der Waals surface area contributed by atoms with Gasteiger partial charge in [0.05, 0.1) is 6.54 Å². The van der Waals surface area contributed by atoms with Gasteiger partial charge < -0.3 is 10.4 Å². The Morgan fingerprint density at radius 1 is 1.43 bits per heavy atom. The number of thioether (sulfide) groups is 1. The number of benzene rings is 1. The van der Waals surface area contributed by atoms with Gasteiger partial charge >= 0.3 is 0 Å². The Morgan fingerprint density at radius 2 is 2.13 bits per heavy atom. The van der Waals surface area contributed by atoms with E-state index in [-0.39, 0.29) is 24.5 Å². The van der Waals surface area contributed by atoms with E-state index in [2.05, 4.69) is 5.32 Å². The molecule has 1 unspecified atom stereocenters. The van der Waals surface area contributed by atoms with Crippen LogP contribution < -0.4 is 5.32 Å². The van der Waals surface area contributed by atoms with E-state index < -0.39 is 5.76 Å². The number of amides is 1. The summed E-state index contributed by atoms with van der Waals surface area (Å²) in [6, 6.07) is 6.37. The summed E-state index contributed by atoms with van der Waals surface area (Å²) in [5.74, 6) is -2.59. The highest BCUT2D eigenvalue weighted by Crippen LogP contribution is 2.29. The summed E-state index contributed by atoms with van der Waals surface area (Å²) >= 11 is 0.479. The molecule has 1 atom stereocenters. The molecule has 1 saturated heterocycles. The van der Waals surface area contributed by atoms with Crippen molar-refractivity contribution in [2.75, 3.05) is 31.6 Å². The highest BCUT2D eigenvalue weighted by atomic mass is 32.2. The van der Waals surface area contributed by atoms with Crippen LogP contribution in [0.4, 0.5) is 14.5 Å². The maximum Gasteiger partial charge on any atom is 0.288 e. The molecule has 4 nitrogen and oxygen atoms in total. The summed E-state index contributed by atoms with van der Waals surface area (Å²) in [6.45, 7) is 3.95. The fourth-order valence-electron chi connectivity index (χ4n) is 2.81. The van der Waals surface area contributed by atoms with Gasteiger partial charge in [-0.05, 0) is 43.7 Å². The lowest BCUT2D eigenvalue weighted by atomic mass is 9.83. The van der Waals surface area contributed by atoms with Crippen LogP contribution in [0.1, 0.15) is 19.8 Å². The van der Waals surface area contributed by atoms with Gasteiger partial charge in [0.15, 0.2) is 0 Å². The summed E-state index contributed by atoms with van der Waals surface area (Å²) in [6.07, 6.45) is 1.93. The number of hydrogen-bond acceptors (Lipinski definition) is 4. The van der Waals surface area contributed by atoms with Gasteiger partial charge in [-0.1, -0.05) is 18.7 Å². The van der Waals surface area contributed by atoms with Crippen molar-refractivity contribution in [3.05, 3.63) is 24.3 Å². The van der Waals surface area contributed by atoms with E-state index in [0.717, 1.165) is 19.4 Å². The molecule has 0 aliphatic carbocycles. The number of aliphatic hydroxyl groups excluding tert-OH is 1. The maximum atomic E-state index is 12.3. The number of carbonyl (C=O) groups excluding carboxylic acids is 1. The van der Waals surface area contributed by atoms with Crippen molar-refractivity contribution in [3.63, 3.8) is 0 Å². The van der Waals surface area contributed by atoms with Crippen LogP contribution in [-0.4, -0.2) is 47.9 Å². The van der Waals surface area contributed by atoms with Gasteiger partial charge in [0.2, 0.25) is 5.91 Å². The lowest BCUT2D eigenvalue weighted by molar-refractivity contribution is -0.118. The molecule has 0 aromatic heterocycles. The zero-order chi connectivity index (χ0) is 16.9. The number of alkyl halides is 2. The van der Waals surface area contributed by atoms with Gasteiger partial charge in [-0.3, -0.25) is 9.69 Å². The topological polar surface area (TPSA) is 52.6 Å². The maximum absolute atomic E-state index is 12.3. The molecule has 1 fully saturated rings. The first kappa shape index (κ1) is 18.2. The van der Waals surface area contributed by atoms with Crippen LogP contribution in [0, 0.1) is 5.41 Å². The molecule has 23 heavy (non-hydrogen) atoms. The number of anilines is 1. The van der Waals surface area contributed by atoms with Crippen LogP contribution in [0.25, 0.3) is 0 Å². The monoisotopic (exact) mass is 344 g/mol. The lowest BCUT2D eigenvalue weighted by Crippen LogP contribution is -2.46. The normalized spacial score (nSPS) is 22.3. The average molecular weight is 344 g/mol. The minimum Gasteiger partial charge on any atom is -0.396 e. The second-order valence-electron chi connectivity index (χ2n) is 6.23. The van der Waals surface area contributed by atoms with Gasteiger partial charge in [0.1, 0.15) is 0 Å². The molecule has 1 aliphatic heterocycles. The first-order valence-corrected chi connectivity index (χ1v) is 8.46. The van der Waals surface area contributed by atoms with E-state index >= 15 is 0 Å². The van der Waals surface area contributed by atoms with Crippen LogP contribution in [-0.2, 0) is 4.79 Å². The molecule has 1 amide bonds. The molecule has 2 N–H and O–H groups in total. The van der Waals surface area contributed by atoms with Crippen molar-refractivity contribution in [2.24, 2.45) is 5.41 Å². The molecular weight excluding hydrogens is 322 g/mol. The number of piperidine rings is 1. The number of nitrogens with zero attached hydrogens (tertiary/aromatic N) is 1. The Labute approximate surface area is 139 Å². The van der Waals surface area contributed by atoms with E-state index in [1.165, 1.54) is 0 Å². The summed E-state index contributed by atoms with van der Waals surface area (Å²) in [5, 5.41) is 12.2. The van der Waals surface area contributed by atoms with E-state index in [0.29, 0.717) is 28.9 Å². The SMILES string of the molecule is CC1(CO)CCCN(CC(=O)Nc2ccc(SC(F)F)cc2)C1. The van der Waals surface area contributed by atoms with Crippen molar-refractivity contribution in [1.82, 2.24) is 4.90 Å². The van der Waals surface area contributed by atoms with Gasteiger partial charge in [0, 0.05) is 29.1 Å². The van der Waals surface area contributed by atoms with Crippen LogP contribution >= 0.6 is 11.8 Å². The quantitative estimate of drug-likeness (QED) is 0.779. The van der Waals surface area contributed by atoms with E-state index in [4.69, 9.17) is 0 Å². The number of likely N-dealkylation sites (tertiary alicyclic amines) is 1. The third kappa shape index (κ3) is 5.75. The molecule has 128 valence electrons. The van der Waals surface area contributed by atoms with Crippen LogP contribution in [0.15, 0.2) is 29.2 Å². The van der Waals surface area contributed by atoms with Crippen molar-refractivity contribution >= 4 is 23.4 Å². The van der Waals surface area contributed by atoms with Crippen molar-refractivity contribution in [1.29, 1.82) is 0 Å². The van der Waals surface area contributed by atoms with Gasteiger partial charge in [0.25, 0.3) is 5.76 Å². The third-order valence-corrected chi connectivity index (χ3v) is 4.69. The van der Waals surface area contributed by atoms with E-state index in [1.807, 2.05) is 11.8 Å². The molecule has 2 rings (SSSR count). The van der Waals surface area contributed by atoms with Gasteiger partial charge in [-0.15, -0.1) is 0 Å². The molecular formula is C16H22F2N2O2S. The summed E-state index contributed by atoms with van der Waals surface area (Å²) in [7, 11) is 0. The molecule has 0 saturated carbocycles. The van der Waals surface area contributed by atoms with Gasteiger partial charge in [-0.2, -0.15) is 8.78 Å². The van der Waals surface area contributed by atoms with Crippen LogP contribution in [0.3, 0.4) is 0 Å². The minimum atomic E-state index is -2.45. The molecule has 7 heteroatoms. The Balaban J connectivity index is 1.84. The molecule has 1 aliphatic rings. The molecule has 1 aromatic rings. The zero-order valence-electron chi connectivity index (χ0n) is 13.1. The largest absolute Gasteiger partial charge is 0.396 e. The number of rotatable bonds is 6. The van der Waals surface area contributed by atoms with Crippen molar-refractivity contribution in [3.8, 4) is 0 Å². The fourth-order valence-corrected chi connectivity index (χ4v) is 3.31. The smallest absolute Gasteiger partial charge is 0.288 e. The third-order valence-electron chi connectivity index (χ3n) is 3.97. The number of aliphatic hydroxyl groups is 1. The minimum absolute atomic E-state index is 0.119. The molecule has 1 aromatic carbocycles. The summed E-state index contributed by atoms with van der Waals surface area (Å²) in [4.78, 5) is 14.6. The summed E-state index contributed by atoms with van der Waals surface area (Å²) < 4.78 is 24.5. The molecule has 1 heterocycles. The Kier molecular flexibility index (Phi) is 6.38. The Morgan fingerprint density at radius 3 is 2.74 bits per heavy atom. The zero-order valence-corrected chi connectivity index (χ0v) is 13.9. The molecule has 0 bridgehead atoms. The molecule has 0 radical (unpaired) electrons. The van der Waals surface area contributed by atoms with Crippen LogP contribution in [0.2, 0.25) is 0 Å². The number of nitrogens with one attached hydrogen (secondary N) is 1. The standard InChI is InChI=1S/C16H22F2N2O2S/c1-16(11-21)7-2-8-20(10-16)9-14(22)19-12-3-5-13(6-4-12)23-15(17)18/h3-6,15,21H,2,7-11H2,1H3,(H,19,22). The van der Waals surface area contributed by atoms with E-state index in [9.17, 15) is 18.7 Å².